The lowest BCUT2D eigenvalue weighted by atomic mass is 10.1. The summed E-state index contributed by atoms with van der Waals surface area (Å²) in [6, 6.07) is 8.49. The van der Waals surface area contributed by atoms with E-state index in [0.29, 0.717) is 6.61 Å². The predicted octanol–water partition coefficient (Wildman–Crippen LogP) is 2.96. The molecular weight excluding hydrogens is 208 g/mol. The minimum atomic E-state index is -0.130. The molecule has 0 fully saturated rings. The monoisotopic (exact) mass is 226 g/mol. The SMILES string of the molecule is CCOC(Cc1ccc(SC)cc1)OC. The van der Waals surface area contributed by atoms with Crippen molar-refractivity contribution in [3.8, 4) is 0 Å². The first-order valence-corrected chi connectivity index (χ1v) is 6.30. The number of hydrogen-bond donors (Lipinski definition) is 0. The van der Waals surface area contributed by atoms with Gasteiger partial charge < -0.3 is 9.47 Å². The Morgan fingerprint density at radius 3 is 2.40 bits per heavy atom. The van der Waals surface area contributed by atoms with Gasteiger partial charge >= 0.3 is 0 Å². The zero-order valence-corrected chi connectivity index (χ0v) is 10.3. The van der Waals surface area contributed by atoms with Gasteiger partial charge in [0, 0.05) is 25.0 Å². The van der Waals surface area contributed by atoms with Crippen LogP contribution in [0.15, 0.2) is 29.2 Å². The van der Waals surface area contributed by atoms with Crippen molar-refractivity contribution in [2.45, 2.75) is 24.5 Å². The number of ether oxygens (including phenoxy) is 2. The summed E-state index contributed by atoms with van der Waals surface area (Å²) in [5.41, 5.74) is 1.24. The number of benzene rings is 1. The summed E-state index contributed by atoms with van der Waals surface area (Å²) in [6.45, 7) is 2.66. The minimum Gasteiger partial charge on any atom is -0.356 e. The van der Waals surface area contributed by atoms with Crippen LogP contribution in [0.25, 0.3) is 0 Å². The Morgan fingerprint density at radius 2 is 1.93 bits per heavy atom. The molecule has 0 spiro atoms. The third-order valence-electron chi connectivity index (χ3n) is 2.18. The molecule has 0 N–H and O–H groups in total. The van der Waals surface area contributed by atoms with Crippen molar-refractivity contribution >= 4 is 11.8 Å². The molecule has 0 radical (unpaired) electrons. The first-order chi connectivity index (χ1) is 7.30. The van der Waals surface area contributed by atoms with Crippen LogP contribution in [-0.4, -0.2) is 26.3 Å². The molecule has 0 saturated heterocycles. The first kappa shape index (κ1) is 12.6. The van der Waals surface area contributed by atoms with Gasteiger partial charge in [0.25, 0.3) is 0 Å². The summed E-state index contributed by atoms with van der Waals surface area (Å²) >= 11 is 1.75. The summed E-state index contributed by atoms with van der Waals surface area (Å²) < 4.78 is 10.6. The lowest BCUT2D eigenvalue weighted by molar-refractivity contribution is -0.118. The average molecular weight is 226 g/mol. The molecule has 0 saturated carbocycles. The second-order valence-corrected chi connectivity index (χ2v) is 4.05. The van der Waals surface area contributed by atoms with Crippen LogP contribution in [0.3, 0.4) is 0 Å². The van der Waals surface area contributed by atoms with Gasteiger partial charge in [-0.2, -0.15) is 0 Å². The van der Waals surface area contributed by atoms with Gasteiger partial charge in [0.05, 0.1) is 0 Å². The van der Waals surface area contributed by atoms with E-state index in [0.717, 1.165) is 6.42 Å². The highest BCUT2D eigenvalue weighted by molar-refractivity contribution is 7.98. The van der Waals surface area contributed by atoms with Crippen molar-refractivity contribution in [3.63, 3.8) is 0 Å². The maximum Gasteiger partial charge on any atom is 0.161 e. The first-order valence-electron chi connectivity index (χ1n) is 5.07. The zero-order valence-electron chi connectivity index (χ0n) is 9.53. The van der Waals surface area contributed by atoms with Crippen molar-refractivity contribution in [1.82, 2.24) is 0 Å². The third kappa shape index (κ3) is 4.24. The lowest BCUT2D eigenvalue weighted by Crippen LogP contribution is -2.18. The van der Waals surface area contributed by atoms with E-state index in [9.17, 15) is 0 Å². The van der Waals surface area contributed by atoms with Gasteiger partial charge in [-0.05, 0) is 30.9 Å². The van der Waals surface area contributed by atoms with E-state index in [1.54, 1.807) is 18.9 Å². The molecule has 0 aliphatic rings. The molecule has 84 valence electrons. The molecule has 1 rings (SSSR count). The average Bonchev–Trinajstić information content (AvgIpc) is 2.29. The Bertz CT molecular complexity index is 271. The van der Waals surface area contributed by atoms with E-state index < -0.39 is 0 Å². The molecule has 1 atom stereocenters. The van der Waals surface area contributed by atoms with Crippen LogP contribution in [0.2, 0.25) is 0 Å². The summed E-state index contributed by atoms with van der Waals surface area (Å²) in [4.78, 5) is 1.28. The van der Waals surface area contributed by atoms with Crippen LogP contribution >= 0.6 is 11.8 Å². The highest BCUT2D eigenvalue weighted by atomic mass is 32.2. The van der Waals surface area contributed by atoms with Crippen LogP contribution in [0, 0.1) is 0 Å². The quantitative estimate of drug-likeness (QED) is 0.549. The molecule has 15 heavy (non-hydrogen) atoms. The molecule has 0 bridgehead atoms. The van der Waals surface area contributed by atoms with Crippen molar-refractivity contribution in [3.05, 3.63) is 29.8 Å². The summed E-state index contributed by atoms with van der Waals surface area (Å²) in [5.74, 6) is 0. The molecule has 1 unspecified atom stereocenters. The minimum absolute atomic E-state index is 0.130. The Morgan fingerprint density at radius 1 is 1.27 bits per heavy atom. The summed E-state index contributed by atoms with van der Waals surface area (Å²) in [7, 11) is 1.68. The fraction of sp³-hybridized carbons (Fsp3) is 0.500. The molecule has 0 aliphatic carbocycles. The van der Waals surface area contributed by atoms with Gasteiger partial charge in [0.2, 0.25) is 0 Å². The zero-order chi connectivity index (χ0) is 11.1. The Labute approximate surface area is 96.0 Å². The molecule has 0 heterocycles. The topological polar surface area (TPSA) is 18.5 Å². The number of rotatable bonds is 6. The summed E-state index contributed by atoms with van der Waals surface area (Å²) in [5, 5.41) is 0. The van der Waals surface area contributed by atoms with Gasteiger partial charge in [0.1, 0.15) is 0 Å². The van der Waals surface area contributed by atoms with E-state index in [4.69, 9.17) is 9.47 Å². The predicted molar refractivity (Wildman–Crippen MR) is 64.4 cm³/mol. The van der Waals surface area contributed by atoms with Gasteiger partial charge in [-0.3, -0.25) is 0 Å². The Balaban J connectivity index is 2.55. The van der Waals surface area contributed by atoms with Crippen LogP contribution in [0.1, 0.15) is 12.5 Å². The molecule has 0 amide bonds. The van der Waals surface area contributed by atoms with Crippen molar-refractivity contribution in [2.75, 3.05) is 20.0 Å². The molecule has 0 aliphatic heterocycles. The summed E-state index contributed by atoms with van der Waals surface area (Å²) in [6.07, 6.45) is 2.75. The van der Waals surface area contributed by atoms with E-state index >= 15 is 0 Å². The van der Waals surface area contributed by atoms with Crippen molar-refractivity contribution < 1.29 is 9.47 Å². The van der Waals surface area contributed by atoms with Crippen molar-refractivity contribution in [1.29, 1.82) is 0 Å². The van der Waals surface area contributed by atoms with Crippen LogP contribution < -0.4 is 0 Å². The second kappa shape index (κ2) is 6.88. The van der Waals surface area contributed by atoms with Crippen LogP contribution in [0.4, 0.5) is 0 Å². The largest absolute Gasteiger partial charge is 0.356 e. The number of hydrogen-bond acceptors (Lipinski definition) is 3. The number of methoxy groups -OCH3 is 1. The van der Waals surface area contributed by atoms with Crippen LogP contribution in [-0.2, 0) is 15.9 Å². The van der Waals surface area contributed by atoms with Gasteiger partial charge in [0.15, 0.2) is 6.29 Å². The highest BCUT2D eigenvalue weighted by Crippen LogP contribution is 2.16. The Hall–Kier alpha value is -0.510. The smallest absolute Gasteiger partial charge is 0.161 e. The van der Waals surface area contributed by atoms with Gasteiger partial charge in [-0.15, -0.1) is 11.8 Å². The third-order valence-corrected chi connectivity index (χ3v) is 2.92. The Kier molecular flexibility index (Phi) is 5.76. The molecule has 3 heteroatoms. The van der Waals surface area contributed by atoms with E-state index in [1.165, 1.54) is 10.5 Å². The highest BCUT2D eigenvalue weighted by Gasteiger charge is 2.07. The second-order valence-electron chi connectivity index (χ2n) is 3.17. The van der Waals surface area contributed by atoms with Crippen LogP contribution in [0.5, 0.6) is 0 Å². The lowest BCUT2D eigenvalue weighted by Gasteiger charge is -2.15. The fourth-order valence-electron chi connectivity index (χ4n) is 1.35. The maximum absolute atomic E-state index is 5.42. The molecular formula is C12H18O2S. The fourth-order valence-corrected chi connectivity index (χ4v) is 1.76. The molecule has 2 nitrogen and oxygen atoms in total. The normalized spacial score (nSPS) is 12.7. The molecule has 0 aromatic heterocycles. The standard InChI is InChI=1S/C12H18O2S/c1-4-14-12(13-2)9-10-5-7-11(15-3)8-6-10/h5-8,12H,4,9H2,1-3H3. The number of thioether (sulfide) groups is 1. The van der Waals surface area contributed by atoms with Gasteiger partial charge in [-0.25, -0.2) is 0 Å². The molecule has 1 aromatic carbocycles. The van der Waals surface area contributed by atoms with E-state index in [1.807, 2.05) is 6.92 Å². The van der Waals surface area contributed by atoms with Crippen molar-refractivity contribution in [2.24, 2.45) is 0 Å². The maximum atomic E-state index is 5.42. The van der Waals surface area contributed by atoms with E-state index in [2.05, 4.69) is 30.5 Å². The van der Waals surface area contributed by atoms with Gasteiger partial charge in [-0.1, -0.05) is 12.1 Å². The van der Waals surface area contributed by atoms with E-state index in [-0.39, 0.29) is 6.29 Å². The molecule has 1 aromatic rings.